The van der Waals surface area contributed by atoms with Gasteiger partial charge in [-0.3, -0.25) is 9.59 Å². The first-order valence-corrected chi connectivity index (χ1v) is 8.36. The Balaban J connectivity index is 2.10. The van der Waals surface area contributed by atoms with Gasteiger partial charge < -0.3 is 10.6 Å². The molecule has 0 aliphatic heterocycles. The predicted octanol–water partition coefficient (Wildman–Crippen LogP) is 3.86. The summed E-state index contributed by atoms with van der Waals surface area (Å²) in [5, 5.41) is 4.80. The summed E-state index contributed by atoms with van der Waals surface area (Å²) in [6.45, 7) is 0.102. The van der Waals surface area contributed by atoms with Gasteiger partial charge in [-0.15, -0.1) is 0 Å². The third kappa shape index (κ3) is 5.24. The van der Waals surface area contributed by atoms with Crippen molar-refractivity contribution in [1.82, 2.24) is 10.6 Å². The maximum Gasteiger partial charge on any atom is 0.256 e. The maximum absolute atomic E-state index is 13.8. The van der Waals surface area contributed by atoms with Crippen LogP contribution in [-0.4, -0.2) is 19.2 Å². The number of benzene rings is 2. The molecular weight excluding hydrogens is 374 g/mol. The maximum atomic E-state index is 13.8. The zero-order valence-electron chi connectivity index (χ0n) is 14.4. The lowest BCUT2D eigenvalue weighted by atomic mass is 10.0. The number of carbonyl (C=O) groups is 2. The van der Waals surface area contributed by atoms with Crippen molar-refractivity contribution in [2.45, 2.75) is 6.54 Å². The zero-order valence-corrected chi connectivity index (χ0v) is 15.2. The molecule has 0 fully saturated rings. The molecule has 1 amide bonds. The van der Waals surface area contributed by atoms with E-state index in [0.717, 1.165) is 23.3 Å². The van der Waals surface area contributed by atoms with E-state index in [1.54, 1.807) is 43.6 Å². The molecule has 0 bridgehead atoms. The number of rotatable bonds is 7. The Hall–Kier alpha value is -2.99. The van der Waals surface area contributed by atoms with E-state index in [1.807, 2.05) is 0 Å². The number of hydrogen-bond donors (Lipinski definition) is 2. The Kier molecular flexibility index (Phi) is 7.25. The smallest absolute Gasteiger partial charge is 0.256 e. The van der Waals surface area contributed by atoms with Crippen LogP contribution in [0.4, 0.5) is 8.78 Å². The van der Waals surface area contributed by atoms with Gasteiger partial charge in [0.05, 0.1) is 10.6 Å². The summed E-state index contributed by atoms with van der Waals surface area (Å²) in [5.41, 5.74) is 1.73. The fraction of sp³-hybridized carbons (Fsp3) is 0.100. The summed E-state index contributed by atoms with van der Waals surface area (Å²) in [6, 6.07) is 8.79. The molecule has 0 heterocycles. The van der Waals surface area contributed by atoms with Gasteiger partial charge in [-0.25, -0.2) is 8.78 Å². The molecule has 7 heteroatoms. The van der Waals surface area contributed by atoms with Gasteiger partial charge in [0, 0.05) is 13.6 Å². The van der Waals surface area contributed by atoms with Gasteiger partial charge in [0.25, 0.3) is 5.91 Å². The molecule has 0 aliphatic carbocycles. The van der Waals surface area contributed by atoms with E-state index in [2.05, 4.69) is 10.6 Å². The Bertz CT molecular complexity index is 894. The lowest BCUT2D eigenvalue weighted by Gasteiger charge is -2.09. The molecule has 0 saturated carbocycles. The van der Waals surface area contributed by atoms with Gasteiger partial charge in [-0.2, -0.15) is 0 Å². The highest BCUT2D eigenvalue weighted by molar-refractivity contribution is 6.34. The average molecular weight is 391 g/mol. The van der Waals surface area contributed by atoms with Crippen LogP contribution in [-0.2, 0) is 11.3 Å². The molecule has 0 saturated heterocycles. The van der Waals surface area contributed by atoms with Crippen molar-refractivity contribution in [1.29, 1.82) is 0 Å². The van der Waals surface area contributed by atoms with Crippen LogP contribution in [0.25, 0.3) is 5.57 Å². The van der Waals surface area contributed by atoms with E-state index >= 15 is 0 Å². The molecule has 0 aliphatic rings. The van der Waals surface area contributed by atoms with Gasteiger partial charge in [-0.1, -0.05) is 35.9 Å². The molecule has 2 aromatic rings. The second-order valence-corrected chi connectivity index (χ2v) is 5.86. The monoisotopic (exact) mass is 390 g/mol. The standard InChI is InChI=1S/C20H17ClF2N2O2/c1-24-10-8-15(9-11-26)14-4-2-13(3-5-14)12-25-20(27)18-16(22)6-7-17(23)19(18)21/h2-11,24H,12H2,1H3,(H,25,27)/b10-8-,15-9+. The van der Waals surface area contributed by atoms with Crippen molar-refractivity contribution in [3.05, 3.63) is 88.1 Å². The summed E-state index contributed by atoms with van der Waals surface area (Å²) in [6.07, 6.45) is 5.57. The number of nitrogens with one attached hydrogen (secondary N) is 2. The van der Waals surface area contributed by atoms with Gasteiger partial charge >= 0.3 is 0 Å². The van der Waals surface area contributed by atoms with Crippen molar-refractivity contribution in [2.75, 3.05) is 7.05 Å². The summed E-state index contributed by atoms with van der Waals surface area (Å²) in [7, 11) is 1.74. The average Bonchev–Trinajstić information content (AvgIpc) is 2.67. The Morgan fingerprint density at radius 3 is 2.41 bits per heavy atom. The predicted molar refractivity (Wildman–Crippen MR) is 101 cm³/mol. The number of halogens is 3. The molecule has 0 radical (unpaired) electrons. The van der Waals surface area contributed by atoms with Crippen LogP contribution in [0.1, 0.15) is 21.5 Å². The highest BCUT2D eigenvalue weighted by Crippen LogP contribution is 2.23. The van der Waals surface area contributed by atoms with Crippen LogP contribution < -0.4 is 10.6 Å². The van der Waals surface area contributed by atoms with Crippen LogP contribution in [0.15, 0.2) is 54.8 Å². The number of carbonyl (C=O) groups excluding carboxylic acids is 2. The Morgan fingerprint density at radius 2 is 1.78 bits per heavy atom. The second kappa shape index (κ2) is 9.64. The largest absolute Gasteiger partial charge is 0.394 e. The molecule has 2 aromatic carbocycles. The van der Waals surface area contributed by atoms with Crippen molar-refractivity contribution in [3.8, 4) is 0 Å². The van der Waals surface area contributed by atoms with Crippen LogP contribution in [0.2, 0.25) is 5.02 Å². The first-order chi connectivity index (χ1) is 13.0. The van der Waals surface area contributed by atoms with Gasteiger partial charge in [-0.05, 0) is 47.2 Å². The second-order valence-electron chi connectivity index (χ2n) is 5.48. The highest BCUT2D eigenvalue weighted by Gasteiger charge is 2.18. The molecule has 0 unspecified atom stereocenters. The lowest BCUT2D eigenvalue weighted by Crippen LogP contribution is -2.24. The molecule has 2 rings (SSSR count). The minimum Gasteiger partial charge on any atom is -0.394 e. The highest BCUT2D eigenvalue weighted by atomic mass is 35.5. The number of aldehydes is 1. The number of amides is 1. The first kappa shape index (κ1) is 20.3. The first-order valence-electron chi connectivity index (χ1n) is 7.98. The fourth-order valence-corrected chi connectivity index (χ4v) is 2.55. The Morgan fingerprint density at radius 1 is 1.11 bits per heavy atom. The van der Waals surface area contributed by atoms with Crippen LogP contribution in [0, 0.1) is 11.6 Å². The van der Waals surface area contributed by atoms with Crippen molar-refractivity contribution >= 4 is 29.4 Å². The molecular formula is C20H17ClF2N2O2. The van der Waals surface area contributed by atoms with Gasteiger partial charge in [0.2, 0.25) is 0 Å². The molecule has 2 N–H and O–H groups in total. The van der Waals surface area contributed by atoms with E-state index in [9.17, 15) is 18.4 Å². The summed E-state index contributed by atoms with van der Waals surface area (Å²) >= 11 is 5.68. The van der Waals surface area contributed by atoms with E-state index in [0.29, 0.717) is 11.9 Å². The molecule has 4 nitrogen and oxygen atoms in total. The number of allylic oxidation sites excluding steroid dienone is 3. The van der Waals surface area contributed by atoms with E-state index in [4.69, 9.17) is 11.6 Å². The van der Waals surface area contributed by atoms with Crippen LogP contribution in [0.5, 0.6) is 0 Å². The van der Waals surface area contributed by atoms with E-state index in [1.165, 1.54) is 6.08 Å². The quantitative estimate of drug-likeness (QED) is 0.326. The molecule has 0 atom stereocenters. The summed E-state index contributed by atoms with van der Waals surface area (Å²) < 4.78 is 27.2. The molecule has 0 spiro atoms. The number of hydrogen-bond acceptors (Lipinski definition) is 3. The SMILES string of the molecule is CN/C=C\C(=C/C=O)c1ccc(CNC(=O)c2c(F)ccc(F)c2Cl)cc1. The fourth-order valence-electron chi connectivity index (χ4n) is 2.32. The van der Waals surface area contributed by atoms with Crippen LogP contribution >= 0.6 is 11.6 Å². The van der Waals surface area contributed by atoms with E-state index < -0.39 is 28.1 Å². The van der Waals surface area contributed by atoms with Crippen LogP contribution in [0.3, 0.4) is 0 Å². The zero-order chi connectivity index (χ0) is 19.8. The van der Waals surface area contributed by atoms with Gasteiger partial charge in [0.1, 0.15) is 17.9 Å². The third-order valence-electron chi connectivity index (χ3n) is 3.69. The van der Waals surface area contributed by atoms with Crippen molar-refractivity contribution in [3.63, 3.8) is 0 Å². The minimum absolute atomic E-state index is 0.102. The third-order valence-corrected chi connectivity index (χ3v) is 4.06. The van der Waals surface area contributed by atoms with E-state index in [-0.39, 0.29) is 6.54 Å². The van der Waals surface area contributed by atoms with Gasteiger partial charge in [0.15, 0.2) is 0 Å². The molecule has 140 valence electrons. The summed E-state index contributed by atoms with van der Waals surface area (Å²) in [5.74, 6) is -2.56. The molecule has 0 aromatic heterocycles. The van der Waals surface area contributed by atoms with Crippen molar-refractivity contribution in [2.24, 2.45) is 0 Å². The minimum atomic E-state index is -0.894. The lowest BCUT2D eigenvalue weighted by molar-refractivity contribution is -0.104. The van der Waals surface area contributed by atoms with Crippen molar-refractivity contribution < 1.29 is 18.4 Å². The normalized spacial score (nSPS) is 11.5. The Labute approximate surface area is 160 Å². The summed E-state index contributed by atoms with van der Waals surface area (Å²) in [4.78, 5) is 22.9. The molecule has 27 heavy (non-hydrogen) atoms. The topological polar surface area (TPSA) is 58.2 Å².